The Kier molecular flexibility index (Phi) is 7.51. The Morgan fingerprint density at radius 1 is 1.40 bits per heavy atom. The maximum Gasteiger partial charge on any atom is 0.238 e. The van der Waals surface area contributed by atoms with Crippen molar-refractivity contribution in [1.82, 2.24) is 4.90 Å². The highest BCUT2D eigenvalue weighted by Gasteiger charge is 2.09. The fourth-order valence-corrected chi connectivity index (χ4v) is 1.93. The van der Waals surface area contributed by atoms with Crippen molar-refractivity contribution in [2.24, 2.45) is 0 Å². The molecular weight excluding hydrogens is 283 g/mol. The molecule has 112 valence electrons. The van der Waals surface area contributed by atoms with Crippen LogP contribution in [0.3, 0.4) is 0 Å². The summed E-state index contributed by atoms with van der Waals surface area (Å²) >= 11 is 5.64. The Morgan fingerprint density at radius 2 is 2.15 bits per heavy atom. The van der Waals surface area contributed by atoms with Crippen LogP contribution in [0.1, 0.15) is 19.3 Å². The second kappa shape index (κ2) is 8.89. The zero-order valence-electron chi connectivity index (χ0n) is 11.5. The summed E-state index contributed by atoms with van der Waals surface area (Å²) < 4.78 is 13.5. The first-order valence-electron chi connectivity index (χ1n) is 6.57. The van der Waals surface area contributed by atoms with E-state index in [2.05, 4.69) is 5.32 Å². The molecule has 0 spiro atoms. The van der Waals surface area contributed by atoms with Gasteiger partial charge in [0.1, 0.15) is 5.82 Å². The van der Waals surface area contributed by atoms with Gasteiger partial charge >= 0.3 is 0 Å². The molecule has 1 rings (SSSR count). The number of likely N-dealkylation sites (N-methyl/N-ethyl adjacent to an activating group) is 1. The van der Waals surface area contributed by atoms with Gasteiger partial charge in [-0.1, -0.05) is 11.6 Å². The number of nitrogens with one attached hydrogen (secondary N) is 1. The molecule has 0 aliphatic carbocycles. The lowest BCUT2D eigenvalue weighted by atomic mass is 10.2. The first kappa shape index (κ1) is 16.9. The van der Waals surface area contributed by atoms with Crippen LogP contribution in [0, 0.1) is 5.82 Å². The minimum absolute atomic E-state index is 0.132. The topological polar surface area (TPSA) is 52.6 Å². The zero-order valence-corrected chi connectivity index (χ0v) is 12.3. The number of halogens is 2. The summed E-state index contributed by atoms with van der Waals surface area (Å²) in [5.74, 6) is -0.813. The highest BCUT2D eigenvalue weighted by molar-refractivity contribution is 6.30. The summed E-state index contributed by atoms with van der Waals surface area (Å²) in [5.41, 5.74) is 0.132. The molecule has 0 saturated carbocycles. The van der Waals surface area contributed by atoms with E-state index >= 15 is 0 Å². The molecule has 0 bridgehead atoms. The van der Waals surface area contributed by atoms with Crippen molar-refractivity contribution in [1.29, 1.82) is 0 Å². The van der Waals surface area contributed by atoms with Gasteiger partial charge in [-0.25, -0.2) is 4.39 Å². The molecule has 0 saturated heterocycles. The molecule has 4 nitrogen and oxygen atoms in total. The maximum absolute atomic E-state index is 13.5. The van der Waals surface area contributed by atoms with Gasteiger partial charge < -0.3 is 10.4 Å². The van der Waals surface area contributed by atoms with Gasteiger partial charge in [-0.15, -0.1) is 0 Å². The van der Waals surface area contributed by atoms with E-state index in [9.17, 15) is 9.18 Å². The minimum atomic E-state index is -0.545. The first-order chi connectivity index (χ1) is 9.52. The van der Waals surface area contributed by atoms with Crippen molar-refractivity contribution in [3.05, 3.63) is 29.0 Å². The molecule has 0 heterocycles. The van der Waals surface area contributed by atoms with Gasteiger partial charge in [0, 0.05) is 11.6 Å². The highest BCUT2D eigenvalue weighted by Crippen LogP contribution is 2.18. The Balaban J connectivity index is 2.35. The van der Waals surface area contributed by atoms with E-state index in [0.717, 1.165) is 31.9 Å². The van der Waals surface area contributed by atoms with Gasteiger partial charge in [-0.3, -0.25) is 9.69 Å². The Morgan fingerprint density at radius 3 is 2.80 bits per heavy atom. The molecule has 0 aliphatic heterocycles. The van der Waals surface area contributed by atoms with Crippen molar-refractivity contribution in [3.8, 4) is 0 Å². The van der Waals surface area contributed by atoms with Crippen molar-refractivity contribution < 1.29 is 14.3 Å². The lowest BCUT2D eigenvalue weighted by Crippen LogP contribution is -2.31. The average molecular weight is 303 g/mol. The summed E-state index contributed by atoms with van der Waals surface area (Å²) in [5, 5.41) is 11.5. The van der Waals surface area contributed by atoms with E-state index < -0.39 is 5.82 Å². The largest absolute Gasteiger partial charge is 0.396 e. The number of amides is 1. The number of aliphatic hydroxyl groups is 1. The van der Waals surface area contributed by atoms with E-state index in [-0.39, 0.29) is 24.7 Å². The number of benzene rings is 1. The van der Waals surface area contributed by atoms with Gasteiger partial charge in [0.25, 0.3) is 0 Å². The molecule has 1 aromatic carbocycles. The van der Waals surface area contributed by atoms with Crippen molar-refractivity contribution >= 4 is 23.2 Å². The molecular formula is C14H20ClFN2O2. The quantitative estimate of drug-likeness (QED) is 0.726. The molecule has 1 aromatic rings. The second-order valence-corrected chi connectivity index (χ2v) is 5.13. The number of anilines is 1. The number of rotatable bonds is 8. The molecule has 0 aliphatic rings. The molecule has 0 atom stereocenters. The molecule has 0 unspecified atom stereocenters. The van der Waals surface area contributed by atoms with Gasteiger partial charge in [0.2, 0.25) is 5.91 Å². The maximum atomic E-state index is 13.5. The molecule has 1 amide bonds. The van der Waals surface area contributed by atoms with Crippen LogP contribution in [0.4, 0.5) is 10.1 Å². The smallest absolute Gasteiger partial charge is 0.238 e. The number of aliphatic hydroxyl groups excluding tert-OH is 1. The number of carbonyl (C=O) groups excluding carboxylic acids is 1. The number of carbonyl (C=O) groups is 1. The molecule has 0 fully saturated rings. The van der Waals surface area contributed by atoms with Gasteiger partial charge in [-0.2, -0.15) is 0 Å². The molecule has 0 aromatic heterocycles. The van der Waals surface area contributed by atoms with Crippen LogP contribution in [-0.4, -0.2) is 42.7 Å². The standard InChI is InChI=1S/C14H20ClFN2O2/c1-18(7-3-2-4-8-19)10-14(20)17-13-6-5-11(15)9-12(13)16/h5-6,9,19H,2-4,7-8,10H2,1H3,(H,17,20). The summed E-state index contributed by atoms with van der Waals surface area (Å²) in [4.78, 5) is 13.6. The van der Waals surface area contributed by atoms with E-state index in [1.807, 2.05) is 11.9 Å². The van der Waals surface area contributed by atoms with Crippen LogP contribution in [0.2, 0.25) is 5.02 Å². The predicted molar refractivity (Wildman–Crippen MR) is 78.5 cm³/mol. The third-order valence-electron chi connectivity index (χ3n) is 2.82. The van der Waals surface area contributed by atoms with Gasteiger partial charge in [-0.05, 0) is 51.1 Å². The monoisotopic (exact) mass is 302 g/mol. The third-order valence-corrected chi connectivity index (χ3v) is 3.05. The lowest BCUT2D eigenvalue weighted by Gasteiger charge is -2.16. The number of nitrogens with zero attached hydrogens (tertiary/aromatic N) is 1. The summed E-state index contributed by atoms with van der Waals surface area (Å²) in [6, 6.07) is 4.13. The van der Waals surface area contributed by atoms with Crippen LogP contribution >= 0.6 is 11.6 Å². The lowest BCUT2D eigenvalue weighted by molar-refractivity contribution is -0.117. The normalized spacial score (nSPS) is 10.8. The minimum Gasteiger partial charge on any atom is -0.396 e. The van der Waals surface area contributed by atoms with E-state index in [1.165, 1.54) is 12.1 Å². The van der Waals surface area contributed by atoms with Gasteiger partial charge in [0.05, 0.1) is 12.2 Å². The van der Waals surface area contributed by atoms with Crippen LogP contribution in [0.25, 0.3) is 0 Å². The second-order valence-electron chi connectivity index (χ2n) is 4.69. The molecule has 2 N–H and O–H groups in total. The number of hydrogen-bond acceptors (Lipinski definition) is 3. The first-order valence-corrected chi connectivity index (χ1v) is 6.95. The average Bonchev–Trinajstić information content (AvgIpc) is 2.38. The van der Waals surface area contributed by atoms with Crippen molar-refractivity contribution in [2.45, 2.75) is 19.3 Å². The summed E-state index contributed by atoms with van der Waals surface area (Å²) in [6.07, 6.45) is 2.62. The van der Waals surface area contributed by atoms with Crippen molar-refractivity contribution in [2.75, 3.05) is 32.1 Å². The van der Waals surface area contributed by atoms with E-state index in [1.54, 1.807) is 0 Å². The van der Waals surface area contributed by atoms with E-state index in [0.29, 0.717) is 5.02 Å². The molecule has 0 radical (unpaired) electrons. The summed E-state index contributed by atoms with van der Waals surface area (Å²) in [7, 11) is 1.83. The van der Waals surface area contributed by atoms with Crippen LogP contribution in [0.5, 0.6) is 0 Å². The number of unbranched alkanes of at least 4 members (excludes halogenated alkanes) is 2. The van der Waals surface area contributed by atoms with Crippen LogP contribution in [-0.2, 0) is 4.79 Å². The fourth-order valence-electron chi connectivity index (χ4n) is 1.78. The Labute approximate surface area is 123 Å². The molecule has 6 heteroatoms. The number of hydrogen-bond donors (Lipinski definition) is 2. The van der Waals surface area contributed by atoms with Gasteiger partial charge in [0.15, 0.2) is 0 Å². The van der Waals surface area contributed by atoms with Crippen LogP contribution < -0.4 is 5.32 Å². The highest BCUT2D eigenvalue weighted by atomic mass is 35.5. The Hall–Kier alpha value is -1.17. The predicted octanol–water partition coefficient (Wildman–Crippen LogP) is 2.51. The molecule has 20 heavy (non-hydrogen) atoms. The zero-order chi connectivity index (χ0) is 15.0. The van der Waals surface area contributed by atoms with Crippen LogP contribution in [0.15, 0.2) is 18.2 Å². The Bertz CT molecular complexity index is 443. The van der Waals surface area contributed by atoms with E-state index in [4.69, 9.17) is 16.7 Å². The van der Waals surface area contributed by atoms with Crippen molar-refractivity contribution in [3.63, 3.8) is 0 Å². The third kappa shape index (κ3) is 6.32. The fraction of sp³-hybridized carbons (Fsp3) is 0.500. The summed E-state index contributed by atoms with van der Waals surface area (Å²) in [6.45, 7) is 1.15. The SMILES string of the molecule is CN(CCCCCO)CC(=O)Nc1ccc(Cl)cc1F.